The lowest BCUT2D eigenvalue weighted by Gasteiger charge is -2.34. The van der Waals surface area contributed by atoms with E-state index in [1.54, 1.807) is 0 Å². The van der Waals surface area contributed by atoms with Crippen molar-refractivity contribution in [1.82, 2.24) is 0 Å². The topological polar surface area (TPSA) is 40.6 Å². The number of imide groups is 1. The number of aryl methyl sites for hydroxylation is 1. The average molecular weight is 306 g/mol. The van der Waals surface area contributed by atoms with Crippen molar-refractivity contribution < 1.29 is 9.59 Å². The number of amides is 2. The molecule has 0 radical (unpaired) electrons. The zero-order valence-corrected chi connectivity index (χ0v) is 12.8. The number of rotatable bonds is 2. The maximum Gasteiger partial charge on any atom is 0.256 e. The predicted octanol–water partition coefficient (Wildman–Crippen LogP) is 2.77. The maximum absolute atomic E-state index is 12.9. The number of benzene rings is 2. The summed E-state index contributed by atoms with van der Waals surface area (Å²) in [5.74, 6) is -0.229. The minimum Gasteiger partial charge on any atom is -0.359 e. The molecule has 2 aliphatic rings. The van der Waals surface area contributed by atoms with Crippen molar-refractivity contribution in [3.63, 3.8) is 0 Å². The molecule has 0 N–H and O–H groups in total. The van der Waals surface area contributed by atoms with E-state index < -0.39 is 0 Å². The summed E-state index contributed by atoms with van der Waals surface area (Å²) >= 11 is 0. The molecule has 2 amide bonds. The van der Waals surface area contributed by atoms with Crippen LogP contribution in [0.3, 0.4) is 0 Å². The summed E-state index contributed by atoms with van der Waals surface area (Å²) in [6.07, 6.45) is 2.30. The zero-order valence-electron chi connectivity index (χ0n) is 12.8. The molecular weight excluding hydrogens is 288 g/mol. The molecule has 1 fully saturated rings. The Balaban J connectivity index is 1.67. The highest BCUT2D eigenvalue weighted by molar-refractivity contribution is 6.23. The highest BCUT2D eigenvalue weighted by Crippen LogP contribution is 2.33. The lowest BCUT2D eigenvalue weighted by molar-refractivity contribution is -0.121. The van der Waals surface area contributed by atoms with Gasteiger partial charge in [-0.3, -0.25) is 9.59 Å². The standard InChI is InChI=1S/C19H18N2O2/c22-18-13-17(19(23)21(18)15-9-2-1-3-10-15)20-12-6-8-14-7-4-5-11-16(14)20/h1-5,7,9-11,17H,6,8,12-13H2/t17-/m0/s1. The fraction of sp³-hybridized carbons (Fsp3) is 0.263. The van der Waals surface area contributed by atoms with Gasteiger partial charge >= 0.3 is 0 Å². The van der Waals surface area contributed by atoms with E-state index in [1.807, 2.05) is 42.5 Å². The summed E-state index contributed by atoms with van der Waals surface area (Å²) in [5.41, 5.74) is 3.02. The largest absolute Gasteiger partial charge is 0.359 e. The van der Waals surface area contributed by atoms with Crippen LogP contribution in [-0.2, 0) is 16.0 Å². The number of hydrogen-bond donors (Lipinski definition) is 0. The van der Waals surface area contributed by atoms with Gasteiger partial charge in [-0.2, -0.15) is 0 Å². The summed E-state index contributed by atoms with van der Waals surface area (Å²) in [5, 5.41) is 0. The SMILES string of the molecule is O=C1C[C@H](N2CCCc3ccccc32)C(=O)N1c1ccccc1. The van der Waals surface area contributed by atoms with Gasteiger partial charge < -0.3 is 4.90 Å². The molecule has 2 aromatic rings. The number of carbonyl (C=O) groups is 2. The summed E-state index contributed by atoms with van der Waals surface area (Å²) in [7, 11) is 0. The van der Waals surface area contributed by atoms with Gasteiger partial charge in [-0.15, -0.1) is 0 Å². The van der Waals surface area contributed by atoms with E-state index in [9.17, 15) is 9.59 Å². The monoisotopic (exact) mass is 306 g/mol. The first kappa shape index (κ1) is 14.0. The molecule has 0 aromatic heterocycles. The number of para-hydroxylation sites is 2. The average Bonchev–Trinajstić information content (AvgIpc) is 2.89. The summed E-state index contributed by atoms with van der Waals surface area (Å²) in [4.78, 5) is 28.8. The van der Waals surface area contributed by atoms with E-state index in [0.29, 0.717) is 5.69 Å². The summed E-state index contributed by atoms with van der Waals surface area (Å²) in [6.45, 7) is 0.823. The van der Waals surface area contributed by atoms with Gasteiger partial charge in [0.2, 0.25) is 5.91 Å². The van der Waals surface area contributed by atoms with Crippen molar-refractivity contribution in [2.24, 2.45) is 0 Å². The van der Waals surface area contributed by atoms with Crippen molar-refractivity contribution in [2.75, 3.05) is 16.3 Å². The second-order valence-electron chi connectivity index (χ2n) is 6.05. The van der Waals surface area contributed by atoms with Crippen LogP contribution in [0.15, 0.2) is 54.6 Å². The Morgan fingerprint density at radius 1 is 0.913 bits per heavy atom. The van der Waals surface area contributed by atoms with Crippen LogP contribution in [0, 0.1) is 0 Å². The van der Waals surface area contributed by atoms with Gasteiger partial charge in [-0.05, 0) is 36.6 Å². The van der Waals surface area contributed by atoms with E-state index in [-0.39, 0.29) is 24.3 Å². The van der Waals surface area contributed by atoms with E-state index in [1.165, 1.54) is 10.5 Å². The van der Waals surface area contributed by atoms with Gasteiger partial charge in [0.15, 0.2) is 0 Å². The first-order valence-corrected chi connectivity index (χ1v) is 8.02. The van der Waals surface area contributed by atoms with Crippen molar-refractivity contribution in [1.29, 1.82) is 0 Å². The van der Waals surface area contributed by atoms with Crippen molar-refractivity contribution in [3.05, 3.63) is 60.2 Å². The second kappa shape index (κ2) is 5.54. The molecule has 1 saturated heterocycles. The van der Waals surface area contributed by atoms with E-state index in [4.69, 9.17) is 0 Å². The predicted molar refractivity (Wildman–Crippen MR) is 89.4 cm³/mol. The normalized spacial score (nSPS) is 20.8. The molecule has 2 heterocycles. The summed E-state index contributed by atoms with van der Waals surface area (Å²) < 4.78 is 0. The highest BCUT2D eigenvalue weighted by atomic mass is 16.2. The Bertz CT molecular complexity index is 757. The van der Waals surface area contributed by atoms with E-state index >= 15 is 0 Å². The Labute approximate surface area is 135 Å². The van der Waals surface area contributed by atoms with Crippen LogP contribution in [0.25, 0.3) is 0 Å². The highest BCUT2D eigenvalue weighted by Gasteiger charge is 2.43. The number of nitrogens with zero attached hydrogens (tertiary/aromatic N) is 2. The molecule has 0 unspecified atom stereocenters. The molecular formula is C19H18N2O2. The van der Waals surface area contributed by atoms with Crippen LogP contribution < -0.4 is 9.80 Å². The molecule has 0 spiro atoms. The number of carbonyl (C=O) groups excluding carboxylic acids is 2. The molecule has 1 atom stereocenters. The molecule has 2 aromatic carbocycles. The minimum atomic E-state index is -0.385. The van der Waals surface area contributed by atoms with Gasteiger partial charge in [0.05, 0.1) is 12.1 Å². The molecule has 116 valence electrons. The minimum absolute atomic E-state index is 0.113. The third kappa shape index (κ3) is 2.31. The first-order valence-electron chi connectivity index (χ1n) is 8.02. The molecule has 4 nitrogen and oxygen atoms in total. The van der Waals surface area contributed by atoms with Crippen LogP contribution >= 0.6 is 0 Å². The maximum atomic E-state index is 12.9. The molecule has 0 bridgehead atoms. The first-order chi connectivity index (χ1) is 11.3. The Morgan fingerprint density at radius 3 is 2.48 bits per heavy atom. The third-order valence-corrected chi connectivity index (χ3v) is 4.66. The van der Waals surface area contributed by atoms with Crippen LogP contribution in [0.4, 0.5) is 11.4 Å². The lowest BCUT2D eigenvalue weighted by Crippen LogP contribution is -2.44. The van der Waals surface area contributed by atoms with Crippen molar-refractivity contribution >= 4 is 23.2 Å². The zero-order chi connectivity index (χ0) is 15.8. The van der Waals surface area contributed by atoms with Gasteiger partial charge in [0, 0.05) is 12.2 Å². The van der Waals surface area contributed by atoms with Crippen LogP contribution in [0.2, 0.25) is 0 Å². The Morgan fingerprint density at radius 2 is 1.65 bits per heavy atom. The number of anilines is 2. The van der Waals surface area contributed by atoms with Gasteiger partial charge in [0.1, 0.15) is 6.04 Å². The van der Waals surface area contributed by atoms with Gasteiger partial charge in [-0.25, -0.2) is 4.90 Å². The molecule has 2 aliphatic heterocycles. The molecule has 4 rings (SSSR count). The smallest absolute Gasteiger partial charge is 0.256 e. The van der Waals surface area contributed by atoms with Crippen LogP contribution in [0.5, 0.6) is 0 Å². The van der Waals surface area contributed by atoms with Gasteiger partial charge in [0.25, 0.3) is 5.91 Å². The van der Waals surface area contributed by atoms with E-state index in [2.05, 4.69) is 17.0 Å². The summed E-state index contributed by atoms with van der Waals surface area (Å²) in [6, 6.07) is 17.0. The molecule has 4 heteroatoms. The lowest BCUT2D eigenvalue weighted by atomic mass is 9.99. The molecule has 23 heavy (non-hydrogen) atoms. The van der Waals surface area contributed by atoms with Crippen LogP contribution in [-0.4, -0.2) is 24.4 Å². The fourth-order valence-corrected chi connectivity index (χ4v) is 3.59. The Kier molecular flexibility index (Phi) is 3.37. The second-order valence-corrected chi connectivity index (χ2v) is 6.05. The third-order valence-electron chi connectivity index (χ3n) is 4.66. The van der Waals surface area contributed by atoms with Crippen molar-refractivity contribution in [2.45, 2.75) is 25.3 Å². The Hall–Kier alpha value is -2.62. The molecule has 0 aliphatic carbocycles. The number of hydrogen-bond acceptors (Lipinski definition) is 3. The van der Waals surface area contributed by atoms with Crippen molar-refractivity contribution in [3.8, 4) is 0 Å². The molecule has 0 saturated carbocycles. The number of fused-ring (bicyclic) bond motifs is 1. The van der Waals surface area contributed by atoms with Crippen LogP contribution in [0.1, 0.15) is 18.4 Å². The van der Waals surface area contributed by atoms with E-state index in [0.717, 1.165) is 25.1 Å². The quantitative estimate of drug-likeness (QED) is 0.801. The fourth-order valence-electron chi connectivity index (χ4n) is 3.59. The van der Waals surface area contributed by atoms with Gasteiger partial charge in [-0.1, -0.05) is 36.4 Å².